The van der Waals surface area contributed by atoms with Crippen molar-refractivity contribution in [1.29, 1.82) is 0 Å². The Morgan fingerprint density at radius 3 is 2.29 bits per heavy atom. The maximum absolute atomic E-state index is 13.4. The average molecular weight is 519 g/mol. The Balaban J connectivity index is 2.31. The third-order valence-electron chi connectivity index (χ3n) is 4.70. The highest BCUT2D eigenvalue weighted by Gasteiger charge is 2.25. The summed E-state index contributed by atoms with van der Waals surface area (Å²) in [4.78, 5) is 27.7. The van der Waals surface area contributed by atoms with Gasteiger partial charge in [-0.2, -0.15) is 0 Å². The molecule has 0 radical (unpaired) electrons. The Morgan fingerprint density at radius 1 is 1.15 bits per heavy atom. The standard InChI is InChI=1S/C25H32Cl2FN3O3/c1-2-15-34-25(33)23(17-19-3-7-20(28)8-4-19)30-24(32)22(29)16-18-5-9-21(10-6-18)31(13-11-26)14-12-27/h3-10,22-23H,2,11-17,29H2,1H3,(H,30,32)/i2D2,9D,10D,15D2,22D. The number of carbonyl (C=O) groups is 2. The van der Waals surface area contributed by atoms with E-state index in [0.717, 1.165) is 19.1 Å². The largest absolute Gasteiger partial charge is 0.464 e. The fourth-order valence-corrected chi connectivity index (χ4v) is 3.41. The van der Waals surface area contributed by atoms with E-state index >= 15 is 0 Å². The van der Waals surface area contributed by atoms with Gasteiger partial charge in [0.15, 0.2) is 0 Å². The van der Waals surface area contributed by atoms with E-state index in [9.17, 15) is 14.0 Å². The molecule has 2 aromatic rings. The van der Waals surface area contributed by atoms with E-state index < -0.39 is 49.1 Å². The number of rotatable bonds is 14. The van der Waals surface area contributed by atoms with Crippen molar-refractivity contribution in [3.05, 3.63) is 65.4 Å². The van der Waals surface area contributed by atoms with Gasteiger partial charge in [-0.05, 0) is 48.1 Å². The first-order valence-electron chi connectivity index (χ1n) is 14.0. The van der Waals surface area contributed by atoms with Crippen LogP contribution in [-0.4, -0.2) is 55.3 Å². The highest BCUT2D eigenvalue weighted by molar-refractivity contribution is 6.18. The molecule has 0 aliphatic carbocycles. The average Bonchev–Trinajstić information content (AvgIpc) is 2.83. The summed E-state index contributed by atoms with van der Waals surface area (Å²) in [6.07, 6.45) is -3.35. The first kappa shape index (κ1) is 18.9. The molecule has 0 aliphatic rings. The van der Waals surface area contributed by atoms with Gasteiger partial charge in [-0.25, -0.2) is 9.18 Å². The second kappa shape index (κ2) is 14.8. The van der Waals surface area contributed by atoms with Crippen LogP contribution in [0.1, 0.15) is 34.0 Å². The fourth-order valence-electron chi connectivity index (χ4n) is 3.00. The number of hydrogen-bond acceptors (Lipinski definition) is 5. The van der Waals surface area contributed by atoms with Gasteiger partial charge in [-0.1, -0.05) is 31.2 Å². The molecule has 3 N–H and O–H groups in total. The van der Waals surface area contributed by atoms with Crippen molar-refractivity contribution in [3.63, 3.8) is 0 Å². The number of esters is 1. The van der Waals surface area contributed by atoms with Gasteiger partial charge in [-0.15, -0.1) is 23.2 Å². The Kier molecular flexibility index (Phi) is 8.24. The minimum Gasteiger partial charge on any atom is -0.464 e. The Morgan fingerprint density at radius 2 is 1.74 bits per heavy atom. The lowest BCUT2D eigenvalue weighted by Crippen LogP contribution is -2.50. The summed E-state index contributed by atoms with van der Waals surface area (Å²) in [5.41, 5.74) is 6.85. The maximum atomic E-state index is 13.4. The van der Waals surface area contributed by atoms with Gasteiger partial charge >= 0.3 is 5.97 Å². The van der Waals surface area contributed by atoms with E-state index in [4.69, 9.17) is 43.3 Å². The van der Waals surface area contributed by atoms with Gasteiger partial charge < -0.3 is 20.7 Å². The molecule has 1 amide bonds. The molecule has 0 heterocycles. The molecule has 2 unspecified atom stereocenters. The second-order valence-electron chi connectivity index (χ2n) is 7.20. The van der Waals surface area contributed by atoms with E-state index in [2.05, 4.69) is 5.32 Å². The normalized spacial score (nSPS) is 17.4. The number of nitrogens with two attached hydrogens (primary N) is 1. The number of benzene rings is 2. The third-order valence-corrected chi connectivity index (χ3v) is 5.03. The van der Waals surface area contributed by atoms with Gasteiger partial charge in [0.1, 0.15) is 11.9 Å². The summed E-state index contributed by atoms with van der Waals surface area (Å²) >= 11 is 11.7. The Labute approximate surface area is 220 Å². The van der Waals surface area contributed by atoms with E-state index in [-0.39, 0.29) is 41.5 Å². The maximum Gasteiger partial charge on any atom is 0.328 e. The summed E-state index contributed by atoms with van der Waals surface area (Å²) in [6, 6.07) is 3.45. The summed E-state index contributed by atoms with van der Waals surface area (Å²) in [5, 5.41) is 2.27. The van der Waals surface area contributed by atoms with Crippen molar-refractivity contribution in [2.45, 2.75) is 38.2 Å². The quantitative estimate of drug-likeness (QED) is 0.294. The minimum absolute atomic E-state index is 0.0622. The fraction of sp³-hybridized carbons (Fsp3) is 0.440. The van der Waals surface area contributed by atoms with Crippen LogP contribution in [0.3, 0.4) is 0 Å². The van der Waals surface area contributed by atoms with Crippen molar-refractivity contribution in [2.75, 3.05) is 36.3 Å². The number of nitrogens with zero attached hydrogens (tertiary/aromatic N) is 1. The molecular formula is C25H32Cl2FN3O3. The van der Waals surface area contributed by atoms with Gasteiger partial charge in [0, 0.05) is 39.7 Å². The summed E-state index contributed by atoms with van der Waals surface area (Å²) in [5.74, 6) is -2.57. The van der Waals surface area contributed by atoms with Crippen LogP contribution in [0.15, 0.2) is 48.5 Å². The minimum atomic E-state index is -3.06. The van der Waals surface area contributed by atoms with Crippen LogP contribution in [0, 0.1) is 5.82 Å². The molecule has 186 valence electrons. The van der Waals surface area contributed by atoms with Crippen molar-refractivity contribution in [2.24, 2.45) is 5.73 Å². The van der Waals surface area contributed by atoms with E-state index in [1.54, 1.807) is 4.90 Å². The molecule has 2 atom stereocenters. The SMILES string of the molecule is [2H]c1cc(CC([2H])(N)C(=O)NC(Cc2ccc(F)cc2)C(=O)OC([2H])([2H])C([2H])([2H])C)cc([2H])c1N(CCCl)CCCl. The molecule has 6 nitrogen and oxygen atoms in total. The molecule has 0 saturated heterocycles. The van der Waals surface area contributed by atoms with Crippen LogP contribution in [-0.2, 0) is 27.2 Å². The molecule has 0 spiro atoms. The number of nitrogens with one attached hydrogen (secondary N) is 1. The smallest absolute Gasteiger partial charge is 0.328 e. The molecule has 9 heteroatoms. The molecule has 0 aliphatic heterocycles. The van der Waals surface area contributed by atoms with Gasteiger partial charge in [-0.3, -0.25) is 4.79 Å². The lowest BCUT2D eigenvalue weighted by atomic mass is 10.0. The Hall–Kier alpha value is -2.35. The van der Waals surface area contributed by atoms with Gasteiger partial charge in [0.25, 0.3) is 0 Å². The highest BCUT2D eigenvalue weighted by atomic mass is 35.5. The lowest BCUT2D eigenvalue weighted by Gasteiger charge is -2.23. The van der Waals surface area contributed by atoms with Crippen molar-refractivity contribution < 1.29 is 28.3 Å². The van der Waals surface area contributed by atoms with Gasteiger partial charge in [0.05, 0.1) is 19.4 Å². The Bertz CT molecular complexity index is 1190. The molecule has 0 saturated carbocycles. The van der Waals surface area contributed by atoms with Crippen LogP contribution in [0.25, 0.3) is 0 Å². The van der Waals surface area contributed by atoms with Crippen molar-refractivity contribution in [3.8, 4) is 0 Å². The zero-order chi connectivity index (χ0) is 31.2. The predicted octanol–water partition coefficient (Wildman–Crippen LogP) is 3.66. The lowest BCUT2D eigenvalue weighted by molar-refractivity contribution is -0.148. The van der Waals surface area contributed by atoms with Crippen LogP contribution >= 0.6 is 23.2 Å². The van der Waals surface area contributed by atoms with Crippen LogP contribution in [0.5, 0.6) is 0 Å². The topological polar surface area (TPSA) is 84.7 Å². The molecule has 2 rings (SSSR count). The van der Waals surface area contributed by atoms with Crippen molar-refractivity contribution >= 4 is 40.8 Å². The van der Waals surface area contributed by atoms with E-state index in [1.165, 1.54) is 24.3 Å². The number of halogens is 3. The van der Waals surface area contributed by atoms with E-state index in [0.29, 0.717) is 18.7 Å². The monoisotopic (exact) mass is 518 g/mol. The molecule has 34 heavy (non-hydrogen) atoms. The van der Waals surface area contributed by atoms with Crippen molar-refractivity contribution in [1.82, 2.24) is 5.32 Å². The summed E-state index contributed by atoms with van der Waals surface area (Å²) in [6.45, 7) is -1.50. The van der Waals surface area contributed by atoms with Gasteiger partial charge in [0.2, 0.25) is 5.91 Å². The zero-order valence-corrected chi connectivity index (χ0v) is 20.2. The zero-order valence-electron chi connectivity index (χ0n) is 25.7. The first-order chi connectivity index (χ1) is 18.9. The predicted molar refractivity (Wildman–Crippen MR) is 135 cm³/mol. The summed E-state index contributed by atoms with van der Waals surface area (Å²) in [7, 11) is 0. The number of ether oxygens (including phenoxy) is 1. The number of hydrogen-bond donors (Lipinski definition) is 2. The second-order valence-corrected chi connectivity index (χ2v) is 7.95. The molecule has 2 aromatic carbocycles. The number of carbonyl (C=O) groups excluding carboxylic acids is 2. The van der Waals surface area contributed by atoms with Crippen LogP contribution < -0.4 is 16.0 Å². The molecule has 0 aromatic heterocycles. The molecule has 0 bridgehead atoms. The first-order valence-corrected chi connectivity index (χ1v) is 11.5. The summed E-state index contributed by atoms with van der Waals surface area (Å²) < 4.78 is 74.1. The number of amides is 1. The van der Waals surface area contributed by atoms with Crippen LogP contribution in [0.2, 0.25) is 0 Å². The molecular weight excluding hydrogens is 480 g/mol. The highest BCUT2D eigenvalue weighted by Crippen LogP contribution is 2.17. The van der Waals surface area contributed by atoms with Crippen LogP contribution in [0.4, 0.5) is 10.1 Å². The molecule has 0 fully saturated rings. The number of alkyl halides is 2. The third kappa shape index (κ3) is 9.12. The number of anilines is 1. The van der Waals surface area contributed by atoms with E-state index in [1.807, 2.05) is 0 Å².